The van der Waals surface area contributed by atoms with E-state index in [0.29, 0.717) is 6.04 Å². The average molecular weight is 378 g/mol. The molecule has 0 aromatic heterocycles. The van der Waals surface area contributed by atoms with E-state index >= 15 is 0 Å². The molecule has 0 aliphatic rings. The van der Waals surface area contributed by atoms with E-state index < -0.39 is 8.07 Å². The van der Waals surface area contributed by atoms with E-state index in [4.69, 9.17) is 0 Å². The minimum absolute atomic E-state index is 0.323. The normalized spacial score (nSPS) is 12.5. The molecule has 0 spiro atoms. The Hall–Kier alpha value is -1.82. The third-order valence-electron chi connectivity index (χ3n) is 4.59. The van der Waals surface area contributed by atoms with Crippen molar-refractivity contribution in [2.45, 2.75) is 71.4 Å². The fourth-order valence-electron chi connectivity index (χ4n) is 3.15. The minimum atomic E-state index is -1.39. The summed E-state index contributed by atoms with van der Waals surface area (Å²) in [5, 5.41) is 0. The van der Waals surface area contributed by atoms with Crippen molar-refractivity contribution in [2.24, 2.45) is 0 Å². The summed E-state index contributed by atoms with van der Waals surface area (Å²) in [6.07, 6.45) is 4.95. The monoisotopic (exact) mass is 377 g/mol. The lowest BCUT2D eigenvalue weighted by atomic mass is 10.0. The molecule has 2 aromatic carbocycles. The summed E-state index contributed by atoms with van der Waals surface area (Å²) in [5.74, 6) is 3.70. The second-order valence-corrected chi connectivity index (χ2v) is 13.2. The molecule has 27 heavy (non-hydrogen) atoms. The van der Waals surface area contributed by atoms with E-state index in [-0.39, 0.29) is 0 Å². The highest BCUT2D eigenvalue weighted by molar-refractivity contribution is 6.83. The first-order chi connectivity index (χ1) is 13.0. The lowest BCUT2D eigenvalue weighted by molar-refractivity contribution is 0.205. The molecular weight excluding hydrogens is 342 g/mol. The largest absolute Gasteiger partial charge is 0.281 e. The number of hydrogen-bond donors (Lipinski definition) is 0. The summed E-state index contributed by atoms with van der Waals surface area (Å²) in [6.45, 7) is 11.2. The van der Waals surface area contributed by atoms with Crippen molar-refractivity contribution < 1.29 is 0 Å². The van der Waals surface area contributed by atoms with Crippen LogP contribution >= 0.6 is 0 Å². The van der Waals surface area contributed by atoms with E-state index in [2.05, 4.69) is 104 Å². The molecule has 2 aromatic rings. The van der Waals surface area contributed by atoms with Crippen LogP contribution in [0.5, 0.6) is 0 Å². The van der Waals surface area contributed by atoms with Gasteiger partial charge in [0, 0.05) is 13.1 Å². The van der Waals surface area contributed by atoms with Crippen LogP contribution in [0.3, 0.4) is 0 Å². The van der Waals surface area contributed by atoms with Gasteiger partial charge in [0.15, 0.2) is 0 Å². The third kappa shape index (κ3) is 8.60. The van der Waals surface area contributed by atoms with Crippen LogP contribution in [0.2, 0.25) is 19.6 Å². The van der Waals surface area contributed by atoms with Crippen LogP contribution in [0.1, 0.15) is 43.7 Å². The fraction of sp³-hybridized carbons (Fsp3) is 0.440. The Labute approximate surface area is 167 Å². The van der Waals surface area contributed by atoms with Crippen molar-refractivity contribution >= 4 is 8.07 Å². The second-order valence-electron chi connectivity index (χ2n) is 8.41. The van der Waals surface area contributed by atoms with E-state index in [1.807, 2.05) is 0 Å². The summed E-state index contributed by atoms with van der Waals surface area (Å²) < 4.78 is 0. The highest BCUT2D eigenvalue weighted by atomic mass is 28.3. The zero-order valence-corrected chi connectivity index (χ0v) is 18.5. The number of benzene rings is 2. The zero-order valence-electron chi connectivity index (χ0n) is 17.5. The van der Waals surface area contributed by atoms with Crippen molar-refractivity contribution in [1.82, 2.24) is 4.90 Å². The van der Waals surface area contributed by atoms with Crippen LogP contribution in [-0.4, -0.2) is 19.0 Å². The molecule has 1 atom stereocenters. The summed E-state index contributed by atoms with van der Waals surface area (Å²) in [6, 6.07) is 22.0. The predicted octanol–water partition coefficient (Wildman–Crippen LogP) is 6.52. The summed E-state index contributed by atoms with van der Waals surface area (Å²) in [4.78, 5) is 2.58. The standard InChI is InChI=1S/C25H35NSi/c1-5-6-9-18-25(19-20-27(2,3)4)26(21-23-14-10-7-11-15-23)22-24-16-12-8-13-17-24/h7-8,10-17,25H,5-6,9,18,21-22H2,1-4H3/t25-/m0/s1. The Balaban J connectivity index is 2.26. The van der Waals surface area contributed by atoms with Crippen molar-refractivity contribution in [3.05, 3.63) is 71.8 Å². The minimum Gasteiger partial charge on any atom is -0.281 e. The summed E-state index contributed by atoms with van der Waals surface area (Å²) in [7, 11) is -1.39. The van der Waals surface area contributed by atoms with Gasteiger partial charge in [0.25, 0.3) is 0 Å². The van der Waals surface area contributed by atoms with Gasteiger partial charge in [-0.3, -0.25) is 4.90 Å². The van der Waals surface area contributed by atoms with Gasteiger partial charge in [0.2, 0.25) is 0 Å². The van der Waals surface area contributed by atoms with E-state index in [1.54, 1.807) is 0 Å². The van der Waals surface area contributed by atoms with Gasteiger partial charge in [-0.05, 0) is 17.5 Å². The highest BCUT2D eigenvalue weighted by Crippen LogP contribution is 2.18. The molecular formula is C25H35NSi. The SMILES string of the molecule is CCCCC[C@@H](C#C[Si](C)(C)C)N(Cc1ccccc1)Cc1ccccc1. The third-order valence-corrected chi connectivity index (χ3v) is 5.49. The van der Waals surface area contributed by atoms with Crippen LogP contribution in [0.25, 0.3) is 0 Å². The Bertz CT molecular complexity index is 665. The van der Waals surface area contributed by atoms with Gasteiger partial charge in [0.1, 0.15) is 8.07 Å². The molecule has 0 heterocycles. The maximum Gasteiger partial charge on any atom is 0.129 e. The smallest absolute Gasteiger partial charge is 0.129 e. The van der Waals surface area contributed by atoms with Gasteiger partial charge in [-0.15, -0.1) is 5.54 Å². The molecule has 2 rings (SSSR count). The van der Waals surface area contributed by atoms with Crippen molar-refractivity contribution in [3.8, 4) is 11.5 Å². The quantitative estimate of drug-likeness (QED) is 0.273. The van der Waals surface area contributed by atoms with Crippen LogP contribution in [-0.2, 0) is 13.1 Å². The molecule has 144 valence electrons. The highest BCUT2D eigenvalue weighted by Gasteiger charge is 2.18. The van der Waals surface area contributed by atoms with Gasteiger partial charge >= 0.3 is 0 Å². The Morgan fingerprint density at radius 1 is 0.815 bits per heavy atom. The Kier molecular flexibility index (Phi) is 8.84. The lowest BCUT2D eigenvalue weighted by Crippen LogP contribution is -2.34. The van der Waals surface area contributed by atoms with Crippen LogP contribution in [0.4, 0.5) is 0 Å². The maximum absolute atomic E-state index is 3.70. The van der Waals surface area contributed by atoms with Gasteiger partial charge in [-0.2, -0.15) is 0 Å². The van der Waals surface area contributed by atoms with Crippen LogP contribution < -0.4 is 0 Å². The molecule has 0 fully saturated rings. The molecule has 0 aliphatic carbocycles. The summed E-state index contributed by atoms with van der Waals surface area (Å²) in [5.41, 5.74) is 6.38. The Morgan fingerprint density at radius 2 is 1.33 bits per heavy atom. The summed E-state index contributed by atoms with van der Waals surface area (Å²) >= 11 is 0. The average Bonchev–Trinajstić information content (AvgIpc) is 2.65. The Morgan fingerprint density at radius 3 is 1.78 bits per heavy atom. The molecule has 0 unspecified atom stereocenters. The molecule has 0 amide bonds. The number of unbranched alkanes of at least 4 members (excludes halogenated alkanes) is 2. The number of hydrogen-bond acceptors (Lipinski definition) is 1. The second kappa shape index (κ2) is 11.1. The first-order valence-corrected chi connectivity index (χ1v) is 13.8. The van der Waals surface area contributed by atoms with E-state index in [9.17, 15) is 0 Å². The van der Waals surface area contributed by atoms with Crippen LogP contribution in [0.15, 0.2) is 60.7 Å². The van der Waals surface area contributed by atoms with Gasteiger partial charge in [-0.25, -0.2) is 0 Å². The van der Waals surface area contributed by atoms with Gasteiger partial charge in [0.05, 0.1) is 6.04 Å². The number of nitrogens with zero attached hydrogens (tertiary/aromatic N) is 1. The lowest BCUT2D eigenvalue weighted by Gasteiger charge is -2.29. The van der Waals surface area contributed by atoms with Gasteiger partial charge in [-0.1, -0.05) is 112 Å². The molecule has 0 radical (unpaired) electrons. The van der Waals surface area contributed by atoms with Crippen molar-refractivity contribution in [3.63, 3.8) is 0 Å². The molecule has 0 aliphatic heterocycles. The topological polar surface area (TPSA) is 3.24 Å². The molecule has 1 nitrogen and oxygen atoms in total. The maximum atomic E-state index is 3.70. The first kappa shape index (κ1) is 21.5. The molecule has 0 N–H and O–H groups in total. The van der Waals surface area contributed by atoms with Gasteiger partial charge < -0.3 is 0 Å². The molecule has 0 saturated heterocycles. The predicted molar refractivity (Wildman–Crippen MR) is 121 cm³/mol. The number of rotatable bonds is 9. The van der Waals surface area contributed by atoms with Crippen LogP contribution in [0, 0.1) is 11.5 Å². The van der Waals surface area contributed by atoms with E-state index in [1.165, 1.54) is 30.4 Å². The molecule has 0 saturated carbocycles. The van der Waals surface area contributed by atoms with Crippen molar-refractivity contribution in [1.29, 1.82) is 0 Å². The fourth-order valence-corrected chi connectivity index (χ4v) is 3.75. The molecule has 0 bridgehead atoms. The van der Waals surface area contributed by atoms with E-state index in [0.717, 1.165) is 19.5 Å². The zero-order chi connectivity index (χ0) is 19.5. The first-order valence-electron chi connectivity index (χ1n) is 10.3. The molecule has 2 heteroatoms. The van der Waals surface area contributed by atoms with Crippen molar-refractivity contribution in [2.75, 3.05) is 0 Å².